The predicted molar refractivity (Wildman–Crippen MR) is 69.9 cm³/mol. The number of ether oxygens (including phenoxy) is 1. The van der Waals surface area contributed by atoms with Gasteiger partial charge in [0.05, 0.1) is 12.5 Å². The Morgan fingerprint density at radius 3 is 3.00 bits per heavy atom. The van der Waals surface area contributed by atoms with Crippen molar-refractivity contribution >= 4 is 5.91 Å². The zero-order valence-corrected chi connectivity index (χ0v) is 11.6. The fourth-order valence-corrected chi connectivity index (χ4v) is 2.45. The van der Waals surface area contributed by atoms with Crippen LogP contribution in [0.15, 0.2) is 4.52 Å². The Hall–Kier alpha value is -1.47. The molecule has 2 fully saturated rings. The van der Waals surface area contributed by atoms with Gasteiger partial charge in [-0.2, -0.15) is 4.98 Å². The zero-order valence-electron chi connectivity index (χ0n) is 11.6. The number of aromatic nitrogens is 2. The van der Waals surface area contributed by atoms with Gasteiger partial charge in [-0.1, -0.05) is 5.16 Å². The van der Waals surface area contributed by atoms with Gasteiger partial charge in [0.15, 0.2) is 0 Å². The molecule has 1 saturated carbocycles. The summed E-state index contributed by atoms with van der Waals surface area (Å²) in [5.41, 5.74) is 0. The van der Waals surface area contributed by atoms with Crippen molar-refractivity contribution in [1.29, 1.82) is 0 Å². The number of amides is 1. The van der Waals surface area contributed by atoms with Gasteiger partial charge in [-0.15, -0.1) is 0 Å². The van der Waals surface area contributed by atoms with Crippen molar-refractivity contribution in [3.63, 3.8) is 0 Å². The summed E-state index contributed by atoms with van der Waals surface area (Å²) in [5, 5.41) is 9.98. The lowest BCUT2D eigenvalue weighted by Crippen LogP contribution is -2.53. The highest BCUT2D eigenvalue weighted by Gasteiger charge is 2.36. The number of hydrogen-bond acceptors (Lipinski definition) is 6. The van der Waals surface area contributed by atoms with Crippen LogP contribution < -0.4 is 10.6 Å². The fourth-order valence-electron chi connectivity index (χ4n) is 2.45. The summed E-state index contributed by atoms with van der Waals surface area (Å²) in [6, 6.07) is -0.288. The minimum Gasteiger partial charge on any atom is -0.370 e. The molecule has 1 saturated heterocycles. The maximum absolute atomic E-state index is 11.7. The maximum Gasteiger partial charge on any atom is 0.237 e. The zero-order chi connectivity index (χ0) is 13.9. The van der Waals surface area contributed by atoms with E-state index in [4.69, 9.17) is 9.26 Å². The average molecular weight is 280 g/mol. The first-order valence-electron chi connectivity index (χ1n) is 7.23. The first-order chi connectivity index (χ1) is 9.78. The third-order valence-corrected chi connectivity index (χ3v) is 3.64. The van der Waals surface area contributed by atoms with E-state index in [0.29, 0.717) is 37.2 Å². The molecule has 1 aromatic heterocycles. The molecule has 7 heteroatoms. The molecule has 3 rings (SSSR count). The summed E-state index contributed by atoms with van der Waals surface area (Å²) in [5.74, 6) is 1.59. The monoisotopic (exact) mass is 280 g/mol. The molecule has 0 aromatic carbocycles. The molecule has 2 heterocycles. The van der Waals surface area contributed by atoms with Crippen LogP contribution >= 0.6 is 0 Å². The van der Waals surface area contributed by atoms with Gasteiger partial charge in [0, 0.05) is 19.7 Å². The van der Waals surface area contributed by atoms with Crippen LogP contribution in [0.2, 0.25) is 0 Å². The Labute approximate surface area is 117 Å². The summed E-state index contributed by atoms with van der Waals surface area (Å²) in [7, 11) is 0. The fraction of sp³-hybridized carbons (Fsp3) is 0.769. The first kappa shape index (κ1) is 13.5. The summed E-state index contributed by atoms with van der Waals surface area (Å²) in [4.78, 5) is 16.1. The molecule has 2 atom stereocenters. The van der Waals surface area contributed by atoms with Crippen LogP contribution in [0.25, 0.3) is 0 Å². The molecule has 0 radical (unpaired) electrons. The topological polar surface area (TPSA) is 89.3 Å². The molecular weight excluding hydrogens is 260 g/mol. The Morgan fingerprint density at radius 1 is 1.45 bits per heavy atom. The maximum atomic E-state index is 11.7. The summed E-state index contributed by atoms with van der Waals surface area (Å²) in [6.45, 7) is 4.03. The molecule has 110 valence electrons. The quantitative estimate of drug-likeness (QED) is 0.773. The van der Waals surface area contributed by atoms with Gasteiger partial charge in [0.25, 0.3) is 0 Å². The van der Waals surface area contributed by atoms with Gasteiger partial charge in [-0.3, -0.25) is 4.79 Å². The van der Waals surface area contributed by atoms with Crippen molar-refractivity contribution in [2.75, 3.05) is 19.7 Å². The lowest BCUT2D eigenvalue weighted by atomic mass is 10.1. The van der Waals surface area contributed by atoms with Crippen molar-refractivity contribution < 1.29 is 14.1 Å². The van der Waals surface area contributed by atoms with E-state index >= 15 is 0 Å². The van der Waals surface area contributed by atoms with Gasteiger partial charge in [0.1, 0.15) is 6.10 Å². The van der Waals surface area contributed by atoms with E-state index in [2.05, 4.69) is 20.8 Å². The molecular formula is C13H20N4O3. The summed E-state index contributed by atoms with van der Waals surface area (Å²) < 4.78 is 11.0. The third-order valence-electron chi connectivity index (χ3n) is 3.64. The molecule has 2 aliphatic rings. The van der Waals surface area contributed by atoms with Crippen LogP contribution in [0.1, 0.15) is 37.6 Å². The normalized spacial score (nSPS) is 24.4. The molecule has 7 nitrogen and oxygen atoms in total. The molecule has 2 N–H and O–H groups in total. The molecule has 2 unspecified atom stereocenters. The highest BCUT2D eigenvalue weighted by Crippen LogP contribution is 2.42. The summed E-state index contributed by atoms with van der Waals surface area (Å²) >= 11 is 0. The molecule has 20 heavy (non-hydrogen) atoms. The van der Waals surface area contributed by atoms with Crippen molar-refractivity contribution in [3.05, 3.63) is 11.7 Å². The lowest BCUT2D eigenvalue weighted by molar-refractivity contribution is -0.124. The van der Waals surface area contributed by atoms with Crippen molar-refractivity contribution in [2.24, 2.45) is 5.92 Å². The van der Waals surface area contributed by atoms with Crippen LogP contribution in [-0.2, 0) is 16.0 Å². The Kier molecular flexibility index (Phi) is 3.98. The van der Waals surface area contributed by atoms with Gasteiger partial charge >= 0.3 is 0 Å². The smallest absolute Gasteiger partial charge is 0.237 e. The van der Waals surface area contributed by atoms with Gasteiger partial charge in [-0.05, 0) is 25.7 Å². The van der Waals surface area contributed by atoms with Crippen LogP contribution in [0.3, 0.4) is 0 Å². The minimum absolute atomic E-state index is 0.0143. The second kappa shape index (κ2) is 5.88. The van der Waals surface area contributed by atoms with E-state index in [9.17, 15) is 4.79 Å². The van der Waals surface area contributed by atoms with Crippen molar-refractivity contribution in [1.82, 2.24) is 20.8 Å². The SMILES string of the molecule is CCOC(c1noc(CC2NCCNC2=O)n1)C1CC1. The number of piperazine rings is 1. The molecule has 1 aromatic rings. The second-order valence-corrected chi connectivity index (χ2v) is 5.26. The van der Waals surface area contributed by atoms with Crippen LogP contribution in [0.5, 0.6) is 0 Å². The second-order valence-electron chi connectivity index (χ2n) is 5.26. The number of nitrogens with zero attached hydrogens (tertiary/aromatic N) is 2. The minimum atomic E-state index is -0.288. The Bertz CT molecular complexity index is 472. The largest absolute Gasteiger partial charge is 0.370 e. The van der Waals surface area contributed by atoms with E-state index in [1.165, 1.54) is 0 Å². The van der Waals surface area contributed by atoms with Crippen LogP contribution in [0, 0.1) is 5.92 Å². The van der Waals surface area contributed by atoms with E-state index < -0.39 is 0 Å². The van der Waals surface area contributed by atoms with Crippen LogP contribution in [0.4, 0.5) is 0 Å². The van der Waals surface area contributed by atoms with Crippen molar-refractivity contribution in [3.8, 4) is 0 Å². The van der Waals surface area contributed by atoms with E-state index in [0.717, 1.165) is 19.4 Å². The first-order valence-corrected chi connectivity index (χ1v) is 7.23. The van der Waals surface area contributed by atoms with Gasteiger partial charge in [-0.25, -0.2) is 0 Å². The third kappa shape index (κ3) is 2.99. The molecule has 0 spiro atoms. The molecule has 1 aliphatic heterocycles. The molecule has 1 aliphatic carbocycles. The predicted octanol–water partition coefficient (Wildman–Crippen LogP) is 0.188. The Balaban J connectivity index is 1.64. The number of carbonyl (C=O) groups is 1. The Morgan fingerprint density at radius 2 is 2.30 bits per heavy atom. The van der Waals surface area contributed by atoms with E-state index in [1.54, 1.807) is 0 Å². The van der Waals surface area contributed by atoms with Crippen LogP contribution in [-0.4, -0.2) is 41.8 Å². The summed E-state index contributed by atoms with van der Waals surface area (Å²) in [6.07, 6.45) is 2.66. The number of rotatable bonds is 6. The number of carbonyl (C=O) groups excluding carboxylic acids is 1. The highest BCUT2D eigenvalue weighted by molar-refractivity contribution is 5.82. The number of hydrogen-bond donors (Lipinski definition) is 2. The number of nitrogens with one attached hydrogen (secondary N) is 2. The standard InChI is InChI=1S/C13H20N4O3/c1-2-19-11(8-3-4-8)12-16-10(20-17-12)7-9-13(18)15-6-5-14-9/h8-9,11,14H,2-7H2,1H3,(H,15,18). The molecule has 0 bridgehead atoms. The highest BCUT2D eigenvalue weighted by atomic mass is 16.5. The van der Waals surface area contributed by atoms with Gasteiger partial charge < -0.3 is 19.9 Å². The lowest BCUT2D eigenvalue weighted by Gasteiger charge is -2.21. The van der Waals surface area contributed by atoms with E-state index in [1.807, 2.05) is 6.92 Å². The van der Waals surface area contributed by atoms with Crippen molar-refractivity contribution in [2.45, 2.75) is 38.3 Å². The van der Waals surface area contributed by atoms with Gasteiger partial charge in [0.2, 0.25) is 17.6 Å². The van der Waals surface area contributed by atoms with E-state index in [-0.39, 0.29) is 18.1 Å². The molecule has 1 amide bonds. The average Bonchev–Trinajstić information content (AvgIpc) is 3.18.